The van der Waals surface area contributed by atoms with E-state index in [9.17, 15) is 9.59 Å². The lowest BCUT2D eigenvalue weighted by molar-refractivity contribution is -0.138. The quantitative estimate of drug-likeness (QED) is 0.224. The first-order chi connectivity index (χ1) is 20.0. The number of esters is 1. The maximum absolute atomic E-state index is 14.2. The molecule has 206 valence electrons. The number of aromatic nitrogens is 1. The Kier molecular flexibility index (Phi) is 7.43. The molecule has 0 aliphatic carbocycles. The van der Waals surface area contributed by atoms with Crippen LogP contribution in [0.25, 0.3) is 22.5 Å². The number of carbonyl (C=O) groups excluding carboxylic acids is 1. The van der Waals surface area contributed by atoms with Gasteiger partial charge in [-0.2, -0.15) is 0 Å². The Morgan fingerprint density at radius 1 is 1.02 bits per heavy atom. The van der Waals surface area contributed by atoms with Crippen molar-refractivity contribution >= 4 is 51.2 Å². The molecular formula is C33H28N2O4S2. The van der Waals surface area contributed by atoms with E-state index in [1.54, 1.807) is 11.5 Å². The molecule has 3 heterocycles. The Hall–Kier alpha value is -4.27. The van der Waals surface area contributed by atoms with E-state index < -0.39 is 12.0 Å². The third-order valence-corrected chi connectivity index (χ3v) is 8.66. The topological polar surface area (TPSA) is 69.9 Å². The van der Waals surface area contributed by atoms with Crippen molar-refractivity contribution in [3.8, 4) is 5.75 Å². The van der Waals surface area contributed by atoms with Crippen molar-refractivity contribution in [3.63, 3.8) is 0 Å². The van der Waals surface area contributed by atoms with E-state index in [2.05, 4.69) is 0 Å². The fraction of sp³-hybridized carbons (Fsp3) is 0.182. The summed E-state index contributed by atoms with van der Waals surface area (Å²) in [6.45, 7) is 5.95. The molecule has 0 saturated heterocycles. The first-order valence-electron chi connectivity index (χ1n) is 13.5. The number of ether oxygens (including phenoxy) is 2. The lowest BCUT2D eigenvalue weighted by Gasteiger charge is -2.24. The molecule has 0 amide bonds. The fourth-order valence-electron chi connectivity index (χ4n) is 5.07. The van der Waals surface area contributed by atoms with Crippen LogP contribution >= 0.6 is 22.7 Å². The monoisotopic (exact) mass is 580 g/mol. The van der Waals surface area contributed by atoms with Crippen LogP contribution in [0.4, 0.5) is 0 Å². The van der Waals surface area contributed by atoms with E-state index in [4.69, 9.17) is 14.5 Å². The Bertz CT molecular complexity index is 1950. The predicted molar refractivity (Wildman–Crippen MR) is 165 cm³/mol. The molecule has 0 spiro atoms. The number of thiazole rings is 1. The summed E-state index contributed by atoms with van der Waals surface area (Å²) in [4.78, 5) is 34.1. The number of nitrogens with zero attached hydrogens (tertiary/aromatic N) is 2. The summed E-state index contributed by atoms with van der Waals surface area (Å²) in [7, 11) is 0. The number of hydrogen-bond acceptors (Lipinski definition) is 7. The molecule has 5 aromatic rings. The van der Waals surface area contributed by atoms with Crippen molar-refractivity contribution in [2.24, 2.45) is 4.99 Å². The van der Waals surface area contributed by atoms with E-state index in [1.807, 2.05) is 104 Å². The van der Waals surface area contributed by atoms with Crippen LogP contribution in [0, 0.1) is 0 Å². The van der Waals surface area contributed by atoms with Gasteiger partial charge >= 0.3 is 5.97 Å². The van der Waals surface area contributed by atoms with Gasteiger partial charge < -0.3 is 9.47 Å². The highest BCUT2D eigenvalue weighted by Crippen LogP contribution is 2.37. The summed E-state index contributed by atoms with van der Waals surface area (Å²) in [5.41, 5.74) is 2.28. The maximum atomic E-state index is 14.2. The molecule has 1 atom stereocenters. The molecule has 0 saturated carbocycles. The zero-order chi connectivity index (χ0) is 28.5. The predicted octanol–water partition coefficient (Wildman–Crippen LogP) is 5.94. The minimum Gasteiger partial charge on any atom is -0.490 e. The maximum Gasteiger partial charge on any atom is 0.338 e. The molecule has 3 aromatic carbocycles. The lowest BCUT2D eigenvalue weighted by Crippen LogP contribution is -2.39. The van der Waals surface area contributed by atoms with Gasteiger partial charge in [0.05, 0.1) is 28.5 Å². The van der Waals surface area contributed by atoms with Crippen LogP contribution in [0.3, 0.4) is 0 Å². The van der Waals surface area contributed by atoms with Crippen molar-refractivity contribution in [2.45, 2.75) is 32.9 Å². The SMILES string of the molecule is CCOC(=O)C1=C(c2ccccc2)N=c2sc(=Cc3c(OC(C)C)ccc4ccccc34)c(=O)n2[C@H]1c1cccs1. The average molecular weight is 581 g/mol. The lowest BCUT2D eigenvalue weighted by atomic mass is 9.97. The number of carbonyl (C=O) groups is 1. The molecule has 41 heavy (non-hydrogen) atoms. The number of fused-ring (bicyclic) bond motifs is 2. The highest BCUT2D eigenvalue weighted by atomic mass is 32.1. The van der Waals surface area contributed by atoms with Crippen LogP contribution in [-0.2, 0) is 9.53 Å². The summed E-state index contributed by atoms with van der Waals surface area (Å²) >= 11 is 2.80. The normalized spacial score (nSPS) is 15.2. The Labute approximate surface area is 245 Å². The molecule has 1 aliphatic heterocycles. The van der Waals surface area contributed by atoms with Gasteiger partial charge in [-0.15, -0.1) is 11.3 Å². The minimum atomic E-state index is -0.665. The molecule has 6 nitrogen and oxygen atoms in total. The van der Waals surface area contributed by atoms with E-state index in [0.717, 1.165) is 26.8 Å². The van der Waals surface area contributed by atoms with Gasteiger partial charge in [0, 0.05) is 16.0 Å². The first-order valence-corrected chi connectivity index (χ1v) is 15.2. The van der Waals surface area contributed by atoms with Crippen molar-refractivity contribution in [1.82, 2.24) is 4.57 Å². The third kappa shape index (κ3) is 5.05. The summed E-state index contributed by atoms with van der Waals surface area (Å²) in [6.07, 6.45) is 1.86. The van der Waals surface area contributed by atoms with Crippen LogP contribution < -0.4 is 19.6 Å². The van der Waals surface area contributed by atoms with Gasteiger partial charge in [-0.1, -0.05) is 78.1 Å². The summed E-state index contributed by atoms with van der Waals surface area (Å²) in [5, 5.41) is 3.99. The first kappa shape index (κ1) is 26.9. The van der Waals surface area contributed by atoms with Crippen LogP contribution in [0.15, 0.2) is 99.6 Å². The second-order valence-electron chi connectivity index (χ2n) is 9.81. The van der Waals surface area contributed by atoms with Crippen LogP contribution in [0.5, 0.6) is 5.75 Å². The van der Waals surface area contributed by atoms with Gasteiger partial charge in [-0.3, -0.25) is 9.36 Å². The van der Waals surface area contributed by atoms with Crippen molar-refractivity contribution < 1.29 is 14.3 Å². The Morgan fingerprint density at radius 2 is 1.80 bits per heavy atom. The summed E-state index contributed by atoms with van der Waals surface area (Å²) < 4.78 is 13.8. The van der Waals surface area contributed by atoms with E-state index in [-0.39, 0.29) is 18.3 Å². The number of thiophene rings is 1. The van der Waals surface area contributed by atoms with E-state index >= 15 is 0 Å². The van der Waals surface area contributed by atoms with E-state index in [1.165, 1.54) is 22.7 Å². The molecule has 0 bridgehead atoms. The molecule has 2 aromatic heterocycles. The summed E-state index contributed by atoms with van der Waals surface area (Å²) in [6, 6.07) is 24.8. The van der Waals surface area contributed by atoms with Gasteiger partial charge in [0.1, 0.15) is 11.8 Å². The zero-order valence-corrected chi connectivity index (χ0v) is 24.5. The number of rotatable bonds is 7. The molecule has 0 N–H and O–H groups in total. The standard InChI is InChI=1S/C33H28N2O4S2/c1-4-38-32(37)28-29(22-12-6-5-7-13-22)34-33-35(30(28)26-15-10-18-40-26)31(36)27(41-33)19-24-23-14-9-8-11-21(23)16-17-25(24)39-20(2)3/h5-20,30H,4H2,1-3H3/t30-/m0/s1. The minimum absolute atomic E-state index is 0.0380. The third-order valence-electron chi connectivity index (χ3n) is 6.76. The second kappa shape index (κ2) is 11.3. The molecule has 6 rings (SSSR count). The van der Waals surface area contributed by atoms with Gasteiger partial charge in [0.25, 0.3) is 5.56 Å². The number of benzene rings is 3. The Morgan fingerprint density at radius 3 is 2.54 bits per heavy atom. The van der Waals surface area contributed by atoms with Crippen molar-refractivity contribution in [1.29, 1.82) is 0 Å². The average Bonchev–Trinajstić information content (AvgIpc) is 3.62. The van der Waals surface area contributed by atoms with Crippen molar-refractivity contribution in [2.75, 3.05) is 6.61 Å². The fourth-order valence-corrected chi connectivity index (χ4v) is 6.87. The molecule has 0 radical (unpaired) electrons. The zero-order valence-electron chi connectivity index (χ0n) is 22.9. The van der Waals surface area contributed by atoms with Gasteiger partial charge in [0.2, 0.25) is 0 Å². The van der Waals surface area contributed by atoms with Crippen molar-refractivity contribution in [3.05, 3.63) is 126 Å². The largest absolute Gasteiger partial charge is 0.490 e. The highest BCUT2D eigenvalue weighted by Gasteiger charge is 2.35. The Balaban J connectivity index is 1.65. The van der Waals surface area contributed by atoms with Crippen LogP contribution in [0.2, 0.25) is 0 Å². The van der Waals surface area contributed by atoms with Gasteiger partial charge in [-0.05, 0) is 55.1 Å². The summed E-state index contributed by atoms with van der Waals surface area (Å²) in [5.74, 6) is 0.223. The smallest absolute Gasteiger partial charge is 0.338 e. The molecule has 0 unspecified atom stereocenters. The van der Waals surface area contributed by atoms with Crippen LogP contribution in [0.1, 0.15) is 42.8 Å². The number of hydrogen-bond donors (Lipinski definition) is 0. The van der Waals surface area contributed by atoms with Crippen LogP contribution in [-0.4, -0.2) is 23.2 Å². The molecule has 8 heteroatoms. The highest BCUT2D eigenvalue weighted by molar-refractivity contribution is 7.10. The van der Waals surface area contributed by atoms with Gasteiger partial charge in [-0.25, -0.2) is 9.79 Å². The van der Waals surface area contributed by atoms with E-state index in [0.29, 0.717) is 26.4 Å². The second-order valence-corrected chi connectivity index (χ2v) is 11.8. The molecular weight excluding hydrogens is 553 g/mol. The van der Waals surface area contributed by atoms with Gasteiger partial charge in [0.15, 0.2) is 4.80 Å². The molecule has 1 aliphatic rings. The molecule has 0 fully saturated rings.